The average molecular weight is 473 g/mol. The first-order valence-corrected chi connectivity index (χ1v) is 12.9. The molecule has 1 aliphatic heterocycles. The summed E-state index contributed by atoms with van der Waals surface area (Å²) in [4.78, 5) is 21.3. The van der Waals surface area contributed by atoms with Crippen LogP contribution in [0.5, 0.6) is 0 Å². The first-order chi connectivity index (χ1) is 15.8. The average Bonchev–Trinajstić information content (AvgIpc) is 3.23. The van der Waals surface area contributed by atoms with Gasteiger partial charge in [0.05, 0.1) is 25.0 Å². The molecule has 0 bridgehead atoms. The molecular weight excluding hydrogens is 439 g/mol. The first kappa shape index (κ1) is 22.9. The highest BCUT2D eigenvalue weighted by atomic mass is 32.1. The summed E-state index contributed by atoms with van der Waals surface area (Å²) in [7, 11) is 0. The first-order valence-electron chi connectivity index (χ1n) is 12.1. The Morgan fingerprint density at radius 1 is 1.30 bits per heavy atom. The molecule has 3 aliphatic rings. The molecule has 1 saturated heterocycles. The van der Waals surface area contributed by atoms with Crippen molar-refractivity contribution in [1.82, 2.24) is 9.88 Å². The van der Waals surface area contributed by atoms with E-state index < -0.39 is 6.10 Å². The molecule has 7 heteroatoms. The van der Waals surface area contributed by atoms with Crippen LogP contribution in [0.1, 0.15) is 50.1 Å². The van der Waals surface area contributed by atoms with Crippen molar-refractivity contribution in [2.24, 2.45) is 23.2 Å². The van der Waals surface area contributed by atoms with Crippen LogP contribution in [0.15, 0.2) is 24.3 Å². The van der Waals surface area contributed by atoms with Gasteiger partial charge in [0.1, 0.15) is 10.8 Å². The number of nitrogens with zero attached hydrogens (tertiary/aromatic N) is 2. The number of ether oxygens (including phenoxy) is 1. The second-order valence-corrected chi connectivity index (χ2v) is 11.5. The Morgan fingerprint density at radius 3 is 2.70 bits per heavy atom. The number of carbonyl (C=O) groups is 1. The van der Waals surface area contributed by atoms with E-state index in [0.717, 1.165) is 35.5 Å². The molecule has 2 heterocycles. The number of hydrogen-bond acceptors (Lipinski definition) is 5. The van der Waals surface area contributed by atoms with Crippen LogP contribution in [0.3, 0.4) is 0 Å². The van der Waals surface area contributed by atoms with E-state index in [2.05, 4.69) is 13.8 Å². The van der Waals surface area contributed by atoms with E-state index >= 15 is 0 Å². The predicted octanol–water partition coefficient (Wildman–Crippen LogP) is 4.50. The molecule has 33 heavy (non-hydrogen) atoms. The summed E-state index contributed by atoms with van der Waals surface area (Å²) < 4.78 is 18.8. The van der Waals surface area contributed by atoms with Gasteiger partial charge in [0.2, 0.25) is 5.91 Å². The Hall–Kier alpha value is -1.83. The second-order valence-electron chi connectivity index (χ2n) is 10.4. The van der Waals surface area contributed by atoms with Gasteiger partial charge in [-0.05, 0) is 60.8 Å². The molecule has 2 fully saturated rings. The number of thiazole rings is 1. The number of benzene rings is 1. The normalized spacial score (nSPS) is 32.7. The second kappa shape index (κ2) is 8.75. The number of aromatic nitrogens is 1. The van der Waals surface area contributed by atoms with Gasteiger partial charge >= 0.3 is 0 Å². The largest absolute Gasteiger partial charge is 0.392 e. The Kier molecular flexibility index (Phi) is 6.08. The zero-order valence-corrected chi connectivity index (χ0v) is 20.4. The van der Waals surface area contributed by atoms with Crippen molar-refractivity contribution in [1.29, 1.82) is 0 Å². The van der Waals surface area contributed by atoms with Crippen molar-refractivity contribution >= 4 is 17.2 Å². The van der Waals surface area contributed by atoms with Gasteiger partial charge in [-0.2, -0.15) is 0 Å². The molecule has 1 amide bonds. The molecule has 0 unspecified atom stereocenters. The minimum atomic E-state index is -0.539. The van der Waals surface area contributed by atoms with E-state index in [1.807, 2.05) is 11.8 Å². The SMILES string of the molecule is C[C@H](C(=O)N1CCOCC1)[C@@H]1CC[C@]2(C)Cc3sc(-c4ccc(F)cc4)nc3[C@H](C)[C@@H]2[C@H]1O. The highest BCUT2D eigenvalue weighted by Gasteiger charge is 2.54. The molecule has 1 aromatic heterocycles. The van der Waals surface area contributed by atoms with Crippen molar-refractivity contribution in [2.75, 3.05) is 26.3 Å². The summed E-state index contributed by atoms with van der Waals surface area (Å²) in [6.45, 7) is 8.91. The van der Waals surface area contributed by atoms with E-state index in [0.29, 0.717) is 26.3 Å². The van der Waals surface area contributed by atoms with Gasteiger partial charge < -0.3 is 14.7 Å². The number of aliphatic hydroxyl groups excluding tert-OH is 1. The lowest BCUT2D eigenvalue weighted by molar-refractivity contribution is -0.148. The smallest absolute Gasteiger partial charge is 0.225 e. The zero-order chi connectivity index (χ0) is 23.3. The molecule has 0 radical (unpaired) electrons. The predicted molar refractivity (Wildman–Crippen MR) is 127 cm³/mol. The van der Waals surface area contributed by atoms with Crippen LogP contribution in [-0.4, -0.2) is 53.3 Å². The summed E-state index contributed by atoms with van der Waals surface area (Å²) >= 11 is 1.70. The molecule has 2 aliphatic carbocycles. The highest BCUT2D eigenvalue weighted by molar-refractivity contribution is 7.15. The van der Waals surface area contributed by atoms with Gasteiger partial charge in [-0.25, -0.2) is 9.37 Å². The number of morpholine rings is 1. The van der Waals surface area contributed by atoms with E-state index in [1.165, 1.54) is 17.0 Å². The minimum absolute atomic E-state index is 0.0172. The summed E-state index contributed by atoms with van der Waals surface area (Å²) in [5.74, 6) is -0.192. The van der Waals surface area contributed by atoms with Crippen LogP contribution in [0, 0.1) is 29.0 Å². The number of fused-ring (bicyclic) bond motifs is 2. The lowest BCUT2D eigenvalue weighted by Crippen LogP contribution is -2.54. The van der Waals surface area contributed by atoms with Gasteiger partial charge in [0.25, 0.3) is 0 Å². The number of amides is 1. The van der Waals surface area contributed by atoms with Crippen LogP contribution in [0.25, 0.3) is 10.6 Å². The summed E-state index contributed by atoms with van der Waals surface area (Å²) in [6.07, 6.45) is 2.21. The van der Waals surface area contributed by atoms with Gasteiger partial charge in [-0.3, -0.25) is 4.79 Å². The Bertz CT molecular complexity index is 1020. The maximum Gasteiger partial charge on any atom is 0.225 e. The standard InChI is InChI=1S/C26H33FN2O3S/c1-15(25(31)29-10-12-32-13-11-29)19-8-9-26(3)14-20-22(16(2)21(26)23(19)30)28-24(33-20)17-4-6-18(27)7-5-17/h4-7,15-16,19,21,23,30H,8-14H2,1-3H3/t15-,16+,19-,21+,23-,26+/m0/s1. The lowest BCUT2D eigenvalue weighted by atomic mass is 9.53. The number of aliphatic hydroxyl groups is 1. The zero-order valence-electron chi connectivity index (χ0n) is 19.6. The molecule has 1 aromatic carbocycles. The van der Waals surface area contributed by atoms with E-state index in [4.69, 9.17) is 9.72 Å². The third kappa shape index (κ3) is 4.02. The Balaban J connectivity index is 1.40. The fourth-order valence-corrected chi connectivity index (χ4v) is 7.89. The number of halogens is 1. The van der Waals surface area contributed by atoms with Crippen LogP contribution >= 0.6 is 11.3 Å². The maximum atomic E-state index is 13.4. The molecule has 5 nitrogen and oxygen atoms in total. The van der Waals surface area contributed by atoms with Crippen molar-refractivity contribution in [3.63, 3.8) is 0 Å². The molecule has 2 aromatic rings. The Labute approximate surface area is 199 Å². The van der Waals surface area contributed by atoms with Crippen molar-refractivity contribution in [2.45, 2.75) is 52.1 Å². The Morgan fingerprint density at radius 2 is 2.00 bits per heavy atom. The van der Waals surface area contributed by atoms with Crippen LogP contribution in [0.2, 0.25) is 0 Å². The van der Waals surface area contributed by atoms with Crippen molar-refractivity contribution in [3.8, 4) is 10.6 Å². The highest BCUT2D eigenvalue weighted by Crippen LogP contribution is 2.57. The summed E-state index contributed by atoms with van der Waals surface area (Å²) in [5.41, 5.74) is 1.98. The lowest BCUT2D eigenvalue weighted by Gasteiger charge is -2.53. The van der Waals surface area contributed by atoms with E-state index in [-0.39, 0.29) is 40.8 Å². The van der Waals surface area contributed by atoms with Crippen LogP contribution in [-0.2, 0) is 16.0 Å². The molecule has 1 saturated carbocycles. The van der Waals surface area contributed by atoms with Crippen LogP contribution in [0.4, 0.5) is 4.39 Å². The number of hydrogen-bond donors (Lipinski definition) is 1. The molecule has 1 N–H and O–H groups in total. The molecule has 0 spiro atoms. The quantitative estimate of drug-likeness (QED) is 0.715. The molecular formula is C26H33FN2O3S. The van der Waals surface area contributed by atoms with E-state index in [9.17, 15) is 14.3 Å². The van der Waals surface area contributed by atoms with Gasteiger partial charge in [-0.15, -0.1) is 11.3 Å². The van der Waals surface area contributed by atoms with Crippen molar-refractivity contribution in [3.05, 3.63) is 40.7 Å². The van der Waals surface area contributed by atoms with Gasteiger partial charge in [0.15, 0.2) is 0 Å². The fraction of sp³-hybridized carbons (Fsp3) is 0.615. The third-order valence-electron chi connectivity index (χ3n) is 8.37. The van der Waals surface area contributed by atoms with Gasteiger partial charge in [-0.1, -0.05) is 20.8 Å². The van der Waals surface area contributed by atoms with E-state index in [1.54, 1.807) is 23.5 Å². The van der Waals surface area contributed by atoms with Gasteiger partial charge in [0, 0.05) is 35.4 Å². The molecule has 6 atom stereocenters. The minimum Gasteiger partial charge on any atom is -0.392 e. The summed E-state index contributed by atoms with van der Waals surface area (Å²) in [6, 6.07) is 6.51. The molecule has 5 rings (SSSR count). The monoisotopic (exact) mass is 472 g/mol. The van der Waals surface area contributed by atoms with Crippen molar-refractivity contribution < 1.29 is 19.0 Å². The third-order valence-corrected chi connectivity index (χ3v) is 9.49. The topological polar surface area (TPSA) is 62.7 Å². The number of rotatable bonds is 3. The maximum absolute atomic E-state index is 13.4. The number of carbonyl (C=O) groups excluding carboxylic acids is 1. The fourth-order valence-electron chi connectivity index (χ4n) is 6.52. The van der Waals surface area contributed by atoms with Crippen LogP contribution < -0.4 is 0 Å². The molecule has 178 valence electrons. The summed E-state index contributed by atoms with van der Waals surface area (Å²) in [5, 5.41) is 12.5.